The topological polar surface area (TPSA) is 91.2 Å². The van der Waals surface area contributed by atoms with E-state index in [1.165, 1.54) is 25.3 Å². The van der Waals surface area contributed by atoms with E-state index in [0.29, 0.717) is 13.1 Å². The predicted molar refractivity (Wildman–Crippen MR) is 73.9 cm³/mol. The number of sulfonamides is 1. The fourth-order valence-corrected chi connectivity index (χ4v) is 3.62. The fraction of sp³-hybridized carbons (Fsp3) is 0.417. The first-order chi connectivity index (χ1) is 9.47. The van der Waals surface area contributed by atoms with Crippen LogP contribution in [0.5, 0.6) is 0 Å². The highest BCUT2D eigenvalue weighted by molar-refractivity contribution is 7.89. The summed E-state index contributed by atoms with van der Waals surface area (Å²) >= 11 is 5.86. The van der Waals surface area contributed by atoms with Crippen molar-refractivity contribution >= 4 is 21.6 Å². The number of hydrogen-bond acceptors (Lipinski definition) is 5. The molecule has 1 fully saturated rings. The molecule has 1 aliphatic rings. The van der Waals surface area contributed by atoms with E-state index in [1.54, 1.807) is 0 Å². The van der Waals surface area contributed by atoms with Gasteiger partial charge in [0.25, 0.3) is 0 Å². The molecular weight excluding hydrogens is 302 g/mol. The summed E-state index contributed by atoms with van der Waals surface area (Å²) in [5, 5.41) is 12.0. The van der Waals surface area contributed by atoms with Gasteiger partial charge < -0.3 is 10.1 Å². The summed E-state index contributed by atoms with van der Waals surface area (Å²) in [7, 11) is -2.16. The minimum absolute atomic E-state index is 0.0308. The Morgan fingerprint density at radius 2 is 2.25 bits per heavy atom. The first-order valence-electron chi connectivity index (χ1n) is 5.93. The van der Waals surface area contributed by atoms with Crippen molar-refractivity contribution in [3.05, 3.63) is 28.8 Å². The monoisotopic (exact) mass is 315 g/mol. The molecule has 1 unspecified atom stereocenters. The molecule has 0 saturated carbocycles. The fourth-order valence-electron chi connectivity index (χ4n) is 2.04. The van der Waals surface area contributed by atoms with Gasteiger partial charge in [0.05, 0.1) is 27.6 Å². The summed E-state index contributed by atoms with van der Waals surface area (Å²) in [6.45, 7) is 1.10. The molecule has 1 aromatic rings. The standard InChI is InChI=1S/C12H14ClN3O3S/c1-19-12-7-15-6-11(12)16-20(17,18)9-3-2-8(5-14)10(13)4-9/h2-4,11-12,15-16H,6-7H2,1H3/t11?,12-/m0/s1. The molecule has 2 atom stereocenters. The van der Waals surface area contributed by atoms with E-state index in [0.717, 1.165) is 0 Å². The summed E-state index contributed by atoms with van der Waals surface area (Å²) in [6.07, 6.45) is -0.210. The maximum Gasteiger partial charge on any atom is 0.241 e. The van der Waals surface area contributed by atoms with Crippen LogP contribution in [0.15, 0.2) is 23.1 Å². The Hall–Kier alpha value is -1.17. The van der Waals surface area contributed by atoms with Gasteiger partial charge in [0.15, 0.2) is 0 Å². The third-order valence-electron chi connectivity index (χ3n) is 3.14. The van der Waals surface area contributed by atoms with Crippen LogP contribution >= 0.6 is 11.6 Å². The van der Waals surface area contributed by atoms with Crippen LogP contribution in [0.4, 0.5) is 0 Å². The van der Waals surface area contributed by atoms with Crippen molar-refractivity contribution in [1.82, 2.24) is 10.0 Å². The number of halogens is 1. The average molecular weight is 316 g/mol. The van der Waals surface area contributed by atoms with Crippen LogP contribution < -0.4 is 10.0 Å². The van der Waals surface area contributed by atoms with Crippen molar-refractivity contribution in [2.45, 2.75) is 17.0 Å². The normalized spacial score (nSPS) is 22.6. The van der Waals surface area contributed by atoms with Gasteiger partial charge in [-0.1, -0.05) is 11.6 Å². The molecule has 108 valence electrons. The molecule has 0 amide bonds. The summed E-state index contributed by atoms with van der Waals surface area (Å²) in [4.78, 5) is 0.0308. The SMILES string of the molecule is CO[C@H]1CNCC1NS(=O)(=O)c1ccc(C#N)c(Cl)c1. The van der Waals surface area contributed by atoms with Gasteiger partial charge in [-0.15, -0.1) is 0 Å². The number of nitrogens with one attached hydrogen (secondary N) is 2. The number of nitriles is 1. The highest BCUT2D eigenvalue weighted by Crippen LogP contribution is 2.20. The highest BCUT2D eigenvalue weighted by Gasteiger charge is 2.31. The Balaban J connectivity index is 2.23. The Labute approximate surface area is 122 Å². The van der Waals surface area contributed by atoms with E-state index in [-0.39, 0.29) is 27.6 Å². The third-order valence-corrected chi connectivity index (χ3v) is 4.94. The Morgan fingerprint density at radius 1 is 1.50 bits per heavy atom. The van der Waals surface area contributed by atoms with E-state index in [9.17, 15) is 8.42 Å². The number of nitrogens with zero attached hydrogens (tertiary/aromatic N) is 1. The van der Waals surface area contributed by atoms with E-state index in [2.05, 4.69) is 10.0 Å². The summed E-state index contributed by atoms with van der Waals surface area (Å²) in [6, 6.07) is 5.57. The number of hydrogen-bond donors (Lipinski definition) is 2. The maximum atomic E-state index is 12.3. The van der Waals surface area contributed by atoms with Gasteiger partial charge in [0.1, 0.15) is 6.07 Å². The van der Waals surface area contributed by atoms with Gasteiger partial charge in [-0.25, -0.2) is 13.1 Å². The Bertz CT molecular complexity index is 642. The quantitative estimate of drug-likeness (QED) is 0.843. The van der Waals surface area contributed by atoms with Crippen molar-refractivity contribution in [3.8, 4) is 6.07 Å². The van der Waals surface area contributed by atoms with Gasteiger partial charge in [-0.05, 0) is 18.2 Å². The van der Waals surface area contributed by atoms with Crippen molar-refractivity contribution in [3.63, 3.8) is 0 Å². The van der Waals surface area contributed by atoms with E-state index in [1.807, 2.05) is 6.07 Å². The molecule has 8 heteroatoms. The molecule has 1 saturated heterocycles. The van der Waals surface area contributed by atoms with Gasteiger partial charge in [0, 0.05) is 20.2 Å². The second-order valence-electron chi connectivity index (χ2n) is 4.41. The second-order valence-corrected chi connectivity index (χ2v) is 6.53. The van der Waals surface area contributed by atoms with Crippen LogP contribution in [-0.2, 0) is 14.8 Å². The molecule has 0 spiro atoms. The number of ether oxygens (including phenoxy) is 1. The van der Waals surface area contributed by atoms with Crippen molar-refractivity contribution in [2.75, 3.05) is 20.2 Å². The van der Waals surface area contributed by atoms with Gasteiger partial charge >= 0.3 is 0 Å². The minimum Gasteiger partial charge on any atom is -0.378 e. The van der Waals surface area contributed by atoms with Crippen LogP contribution in [0.3, 0.4) is 0 Å². The summed E-state index contributed by atoms with van der Waals surface area (Å²) in [5.41, 5.74) is 0.239. The molecule has 20 heavy (non-hydrogen) atoms. The zero-order valence-electron chi connectivity index (χ0n) is 10.8. The molecule has 1 aliphatic heterocycles. The largest absolute Gasteiger partial charge is 0.378 e. The lowest BCUT2D eigenvalue weighted by Gasteiger charge is -2.18. The number of rotatable bonds is 4. The maximum absolute atomic E-state index is 12.3. The van der Waals surface area contributed by atoms with Crippen molar-refractivity contribution in [1.29, 1.82) is 5.26 Å². The smallest absolute Gasteiger partial charge is 0.241 e. The van der Waals surface area contributed by atoms with Crippen molar-refractivity contribution < 1.29 is 13.2 Å². The minimum atomic E-state index is -3.70. The molecule has 6 nitrogen and oxygen atoms in total. The molecule has 0 aliphatic carbocycles. The lowest BCUT2D eigenvalue weighted by atomic mass is 10.2. The van der Waals surface area contributed by atoms with Crippen LogP contribution in [0, 0.1) is 11.3 Å². The molecule has 1 heterocycles. The Morgan fingerprint density at radius 3 is 2.85 bits per heavy atom. The van der Waals surface area contributed by atoms with Crippen LogP contribution in [0.25, 0.3) is 0 Å². The average Bonchev–Trinajstić information content (AvgIpc) is 2.85. The van der Waals surface area contributed by atoms with Crippen molar-refractivity contribution in [2.24, 2.45) is 0 Å². The number of benzene rings is 1. The predicted octanol–water partition coefficient (Wildman–Crippen LogP) is 0.477. The van der Waals surface area contributed by atoms with E-state index >= 15 is 0 Å². The van der Waals surface area contributed by atoms with E-state index in [4.69, 9.17) is 21.6 Å². The van der Waals surface area contributed by atoms with Gasteiger partial charge in [-0.2, -0.15) is 5.26 Å². The molecular formula is C12H14ClN3O3S. The van der Waals surface area contributed by atoms with E-state index < -0.39 is 10.0 Å². The molecule has 2 rings (SSSR count). The first-order valence-corrected chi connectivity index (χ1v) is 7.79. The molecule has 2 N–H and O–H groups in total. The zero-order chi connectivity index (χ0) is 14.8. The zero-order valence-corrected chi connectivity index (χ0v) is 12.3. The third kappa shape index (κ3) is 3.11. The first kappa shape index (κ1) is 15.2. The van der Waals surface area contributed by atoms with Crippen LogP contribution in [0.2, 0.25) is 5.02 Å². The highest BCUT2D eigenvalue weighted by atomic mass is 35.5. The lowest BCUT2D eigenvalue weighted by molar-refractivity contribution is 0.103. The molecule has 0 bridgehead atoms. The van der Waals surface area contributed by atoms with Crippen LogP contribution in [0.1, 0.15) is 5.56 Å². The molecule has 0 radical (unpaired) electrons. The summed E-state index contributed by atoms with van der Waals surface area (Å²) < 4.78 is 32.3. The molecule has 0 aromatic heterocycles. The number of methoxy groups -OCH3 is 1. The summed E-state index contributed by atoms with van der Waals surface area (Å²) in [5.74, 6) is 0. The molecule has 1 aromatic carbocycles. The lowest BCUT2D eigenvalue weighted by Crippen LogP contribution is -2.43. The second kappa shape index (κ2) is 6.08. The van der Waals surface area contributed by atoms with Gasteiger partial charge in [0.2, 0.25) is 10.0 Å². The van der Waals surface area contributed by atoms with Crippen LogP contribution in [-0.4, -0.2) is 40.8 Å². The Kier molecular flexibility index (Phi) is 4.62. The van der Waals surface area contributed by atoms with Gasteiger partial charge in [-0.3, -0.25) is 0 Å².